The first kappa shape index (κ1) is 15.4. The Morgan fingerprint density at radius 1 is 1.09 bits per heavy atom. The molecule has 4 rings (SSSR count). The summed E-state index contributed by atoms with van der Waals surface area (Å²) in [6.07, 6.45) is 7.95. The predicted molar refractivity (Wildman–Crippen MR) is 85.8 cm³/mol. The quantitative estimate of drug-likeness (QED) is 0.879. The molecule has 2 heterocycles. The summed E-state index contributed by atoms with van der Waals surface area (Å²) in [5.41, 5.74) is 0. The number of hydrogen-bond donors (Lipinski definition) is 1. The molecule has 8 heteroatoms. The van der Waals surface area contributed by atoms with Crippen LogP contribution in [0.4, 0.5) is 6.01 Å². The van der Waals surface area contributed by atoms with Crippen molar-refractivity contribution in [1.29, 1.82) is 0 Å². The van der Waals surface area contributed by atoms with Crippen molar-refractivity contribution in [3.63, 3.8) is 0 Å². The van der Waals surface area contributed by atoms with Gasteiger partial charge in [0.2, 0.25) is 10.0 Å². The van der Waals surface area contributed by atoms with Crippen LogP contribution >= 0.6 is 0 Å². The Labute approximate surface area is 136 Å². The number of nitrogens with one attached hydrogen (secondary N) is 1. The summed E-state index contributed by atoms with van der Waals surface area (Å²) < 4.78 is 33.5. The maximum absolute atomic E-state index is 12.6. The molecular weight excluding hydrogens is 316 g/mol. The van der Waals surface area contributed by atoms with E-state index in [2.05, 4.69) is 14.9 Å². The lowest BCUT2D eigenvalue weighted by atomic mass is 10.1. The van der Waals surface area contributed by atoms with E-state index in [1.165, 1.54) is 0 Å². The molecule has 3 fully saturated rings. The van der Waals surface area contributed by atoms with Gasteiger partial charge in [0.1, 0.15) is 0 Å². The molecule has 0 unspecified atom stereocenters. The summed E-state index contributed by atoms with van der Waals surface area (Å²) in [5.74, 6) is 1.22. The normalized spacial score (nSPS) is 26.8. The van der Waals surface area contributed by atoms with Gasteiger partial charge in [-0.2, -0.15) is 4.98 Å². The van der Waals surface area contributed by atoms with E-state index < -0.39 is 15.3 Å². The molecule has 1 aromatic rings. The number of rotatable bonds is 5. The minimum atomic E-state index is -3.29. The minimum absolute atomic E-state index is 0.125. The minimum Gasteiger partial charge on any atom is -0.323 e. The third kappa shape index (κ3) is 3.38. The fourth-order valence-corrected chi connectivity index (χ4v) is 5.35. The van der Waals surface area contributed by atoms with Gasteiger partial charge in [-0.25, -0.2) is 13.1 Å². The molecule has 1 N–H and O–H groups in total. The van der Waals surface area contributed by atoms with Gasteiger partial charge in [0, 0.05) is 25.0 Å². The highest BCUT2D eigenvalue weighted by Gasteiger charge is 2.35. The first-order valence-electron chi connectivity index (χ1n) is 8.71. The fourth-order valence-electron chi connectivity index (χ4n) is 3.60. The van der Waals surface area contributed by atoms with Crippen LogP contribution in [0, 0.1) is 0 Å². The van der Waals surface area contributed by atoms with Crippen molar-refractivity contribution in [3.05, 3.63) is 5.82 Å². The standard InChI is InChI=1S/C15H24N4O3S/c20-23(21,18-12-4-1-2-5-12)13-6-3-9-19(10-13)15-16-14(17-22-15)11-7-8-11/h11-13,18H,1-10H2/t13-/m0/s1. The largest absolute Gasteiger partial charge is 0.324 e. The Hall–Kier alpha value is -1.15. The van der Waals surface area contributed by atoms with Crippen LogP contribution in [0.15, 0.2) is 4.52 Å². The highest BCUT2D eigenvalue weighted by molar-refractivity contribution is 7.90. The Morgan fingerprint density at radius 3 is 2.61 bits per heavy atom. The van der Waals surface area contributed by atoms with Crippen LogP contribution in [0.3, 0.4) is 0 Å². The molecule has 7 nitrogen and oxygen atoms in total. The summed E-state index contributed by atoms with van der Waals surface area (Å²) in [5, 5.41) is 3.64. The Morgan fingerprint density at radius 2 is 1.87 bits per heavy atom. The highest BCUT2D eigenvalue weighted by Crippen LogP contribution is 2.39. The lowest BCUT2D eigenvalue weighted by Gasteiger charge is -2.31. The van der Waals surface area contributed by atoms with E-state index in [1.807, 2.05) is 4.90 Å². The maximum atomic E-state index is 12.6. The molecule has 0 spiro atoms. The van der Waals surface area contributed by atoms with E-state index >= 15 is 0 Å². The molecule has 2 aliphatic carbocycles. The smallest absolute Gasteiger partial charge is 0.323 e. The SMILES string of the molecule is O=S(=O)(NC1CCCC1)[C@H]1CCCN(c2nc(C3CC3)no2)C1. The van der Waals surface area contributed by atoms with E-state index in [0.717, 1.165) is 57.3 Å². The van der Waals surface area contributed by atoms with Gasteiger partial charge in [-0.1, -0.05) is 18.0 Å². The molecule has 1 atom stereocenters. The molecule has 1 aliphatic heterocycles. The summed E-state index contributed by atoms with van der Waals surface area (Å²) in [6.45, 7) is 1.22. The van der Waals surface area contributed by atoms with Gasteiger partial charge in [-0.3, -0.25) is 0 Å². The molecule has 3 aliphatic rings. The summed E-state index contributed by atoms with van der Waals surface area (Å²) >= 11 is 0. The van der Waals surface area contributed by atoms with Crippen molar-refractivity contribution >= 4 is 16.0 Å². The first-order valence-corrected chi connectivity index (χ1v) is 10.3. The second kappa shape index (κ2) is 6.05. The van der Waals surface area contributed by atoms with E-state index in [-0.39, 0.29) is 6.04 Å². The van der Waals surface area contributed by atoms with Gasteiger partial charge in [-0.05, 0) is 38.5 Å². The van der Waals surface area contributed by atoms with Crippen molar-refractivity contribution < 1.29 is 12.9 Å². The van der Waals surface area contributed by atoms with Crippen molar-refractivity contribution in [1.82, 2.24) is 14.9 Å². The lowest BCUT2D eigenvalue weighted by Crippen LogP contribution is -2.48. The van der Waals surface area contributed by atoms with Crippen molar-refractivity contribution in [3.8, 4) is 0 Å². The van der Waals surface area contributed by atoms with Gasteiger partial charge in [0.05, 0.1) is 5.25 Å². The van der Waals surface area contributed by atoms with Crippen LogP contribution in [0.2, 0.25) is 0 Å². The zero-order chi connectivity index (χ0) is 15.9. The summed E-state index contributed by atoms with van der Waals surface area (Å²) in [4.78, 5) is 6.38. The molecular formula is C15H24N4O3S. The second-order valence-corrected chi connectivity index (χ2v) is 9.06. The van der Waals surface area contributed by atoms with E-state index in [0.29, 0.717) is 24.9 Å². The molecule has 0 aromatic carbocycles. The molecule has 2 saturated carbocycles. The third-order valence-electron chi connectivity index (χ3n) is 5.15. The lowest BCUT2D eigenvalue weighted by molar-refractivity contribution is 0.395. The van der Waals surface area contributed by atoms with Crippen LogP contribution in [0.25, 0.3) is 0 Å². The molecule has 0 amide bonds. The average molecular weight is 340 g/mol. The number of sulfonamides is 1. The molecule has 23 heavy (non-hydrogen) atoms. The monoisotopic (exact) mass is 340 g/mol. The van der Waals surface area contributed by atoms with Crippen LogP contribution in [-0.2, 0) is 10.0 Å². The van der Waals surface area contributed by atoms with Gasteiger partial charge < -0.3 is 9.42 Å². The van der Waals surface area contributed by atoms with Crippen molar-refractivity contribution in [2.45, 2.75) is 68.6 Å². The van der Waals surface area contributed by atoms with Crippen LogP contribution in [0.1, 0.15) is 63.1 Å². The summed E-state index contributed by atoms with van der Waals surface area (Å²) in [6, 6.07) is 0.605. The molecule has 128 valence electrons. The number of hydrogen-bond acceptors (Lipinski definition) is 6. The molecule has 1 saturated heterocycles. The van der Waals surface area contributed by atoms with E-state index in [4.69, 9.17) is 4.52 Å². The van der Waals surface area contributed by atoms with E-state index in [1.54, 1.807) is 0 Å². The topological polar surface area (TPSA) is 88.3 Å². The van der Waals surface area contributed by atoms with E-state index in [9.17, 15) is 8.42 Å². The van der Waals surface area contributed by atoms with Gasteiger partial charge in [0.25, 0.3) is 0 Å². The van der Waals surface area contributed by atoms with Crippen molar-refractivity contribution in [2.75, 3.05) is 18.0 Å². The second-order valence-electron chi connectivity index (χ2n) is 7.06. The highest BCUT2D eigenvalue weighted by atomic mass is 32.2. The fraction of sp³-hybridized carbons (Fsp3) is 0.867. The first-order chi connectivity index (χ1) is 11.1. The van der Waals surface area contributed by atoms with Gasteiger partial charge >= 0.3 is 6.01 Å². The number of aromatic nitrogens is 2. The number of nitrogens with zero attached hydrogens (tertiary/aromatic N) is 3. The predicted octanol–water partition coefficient (Wildman–Crippen LogP) is 1.78. The zero-order valence-electron chi connectivity index (χ0n) is 13.3. The Kier molecular flexibility index (Phi) is 4.05. The zero-order valence-corrected chi connectivity index (χ0v) is 14.1. The average Bonchev–Trinajstić information content (AvgIpc) is 3.07. The van der Waals surface area contributed by atoms with Crippen LogP contribution < -0.4 is 9.62 Å². The van der Waals surface area contributed by atoms with Crippen molar-refractivity contribution in [2.24, 2.45) is 0 Å². The van der Waals surface area contributed by atoms with Gasteiger partial charge in [-0.15, -0.1) is 0 Å². The van der Waals surface area contributed by atoms with Gasteiger partial charge in [0.15, 0.2) is 5.82 Å². The van der Waals surface area contributed by atoms with Crippen LogP contribution in [-0.4, -0.2) is 42.9 Å². The van der Waals surface area contributed by atoms with Crippen LogP contribution in [0.5, 0.6) is 0 Å². The Balaban J connectivity index is 1.42. The number of anilines is 1. The molecule has 1 aromatic heterocycles. The summed E-state index contributed by atoms with van der Waals surface area (Å²) in [7, 11) is -3.29. The Bertz CT molecular complexity index is 649. The molecule has 0 bridgehead atoms. The maximum Gasteiger partial charge on any atom is 0.324 e. The third-order valence-corrected chi connectivity index (χ3v) is 7.07. The number of piperidine rings is 1. The molecule has 0 radical (unpaired) electrons.